The van der Waals surface area contributed by atoms with Crippen LogP contribution < -0.4 is 4.90 Å². The molecule has 5 heteroatoms. The van der Waals surface area contributed by atoms with Gasteiger partial charge in [-0.15, -0.1) is 0 Å². The molecule has 96 valence electrons. The molecule has 0 amide bonds. The van der Waals surface area contributed by atoms with Gasteiger partial charge in [0.25, 0.3) is 0 Å². The van der Waals surface area contributed by atoms with Gasteiger partial charge in [-0.05, 0) is 6.42 Å². The van der Waals surface area contributed by atoms with E-state index >= 15 is 0 Å². The molecule has 0 N–H and O–H groups in total. The fraction of sp³-hybridized carbons (Fsp3) is 0.615. The quantitative estimate of drug-likeness (QED) is 0.743. The summed E-state index contributed by atoms with van der Waals surface area (Å²) in [6, 6.07) is 4.29. The Hall–Kier alpha value is -1.67. The zero-order valence-corrected chi connectivity index (χ0v) is 10.8. The molecule has 1 fully saturated rings. The molecule has 0 aromatic carbocycles. The number of piperazine rings is 1. The van der Waals surface area contributed by atoms with Gasteiger partial charge in [0.2, 0.25) is 0 Å². The highest BCUT2D eigenvalue weighted by Crippen LogP contribution is 2.14. The lowest BCUT2D eigenvalue weighted by atomic mass is 10.2. The van der Waals surface area contributed by atoms with E-state index in [-0.39, 0.29) is 0 Å². The van der Waals surface area contributed by atoms with E-state index in [1.165, 1.54) is 0 Å². The Morgan fingerprint density at radius 3 is 2.72 bits per heavy atom. The molecule has 0 atom stereocenters. The first-order valence-corrected chi connectivity index (χ1v) is 6.48. The SMILES string of the molecule is CCCc1cc(N2CCN(CC#N)CC2)ncn1. The molecule has 1 aliphatic heterocycles. The summed E-state index contributed by atoms with van der Waals surface area (Å²) in [5, 5.41) is 8.67. The Balaban J connectivity index is 1.97. The second-order valence-electron chi connectivity index (χ2n) is 4.54. The fourth-order valence-electron chi connectivity index (χ4n) is 2.19. The standard InChI is InChI=1S/C13H19N5/c1-2-3-12-10-13(16-11-15-12)18-8-6-17(5-4-14)7-9-18/h10-11H,2-3,5-9H2,1H3. The highest BCUT2D eigenvalue weighted by molar-refractivity contribution is 5.39. The Morgan fingerprint density at radius 1 is 1.28 bits per heavy atom. The van der Waals surface area contributed by atoms with Gasteiger partial charge in [0.05, 0.1) is 12.6 Å². The van der Waals surface area contributed by atoms with Gasteiger partial charge in [0.1, 0.15) is 12.1 Å². The van der Waals surface area contributed by atoms with Crippen molar-refractivity contribution in [1.29, 1.82) is 5.26 Å². The van der Waals surface area contributed by atoms with Crippen LogP contribution in [0.3, 0.4) is 0 Å². The summed E-state index contributed by atoms with van der Waals surface area (Å²) < 4.78 is 0. The summed E-state index contributed by atoms with van der Waals surface area (Å²) in [6.07, 6.45) is 3.76. The van der Waals surface area contributed by atoms with Crippen LogP contribution in [0.1, 0.15) is 19.0 Å². The van der Waals surface area contributed by atoms with Crippen LogP contribution >= 0.6 is 0 Å². The van der Waals surface area contributed by atoms with Crippen LogP contribution in [0.5, 0.6) is 0 Å². The third kappa shape index (κ3) is 3.17. The average Bonchev–Trinajstić information content (AvgIpc) is 2.41. The Labute approximate surface area is 108 Å². The summed E-state index contributed by atoms with van der Waals surface area (Å²) in [5.74, 6) is 1.02. The minimum atomic E-state index is 0.526. The van der Waals surface area contributed by atoms with E-state index < -0.39 is 0 Å². The maximum absolute atomic E-state index is 8.67. The number of aryl methyl sites for hydroxylation is 1. The van der Waals surface area contributed by atoms with Crippen molar-refractivity contribution >= 4 is 5.82 Å². The van der Waals surface area contributed by atoms with Crippen molar-refractivity contribution in [1.82, 2.24) is 14.9 Å². The lowest BCUT2D eigenvalue weighted by molar-refractivity contribution is 0.286. The van der Waals surface area contributed by atoms with Crippen molar-refractivity contribution in [2.75, 3.05) is 37.6 Å². The number of nitrogens with zero attached hydrogens (tertiary/aromatic N) is 5. The largest absolute Gasteiger partial charge is 0.354 e. The number of anilines is 1. The summed E-state index contributed by atoms with van der Waals surface area (Å²) >= 11 is 0. The fourth-order valence-corrected chi connectivity index (χ4v) is 2.19. The normalized spacial score (nSPS) is 16.6. The predicted molar refractivity (Wildman–Crippen MR) is 70.3 cm³/mol. The molecule has 0 spiro atoms. The van der Waals surface area contributed by atoms with Crippen LogP contribution in [-0.4, -0.2) is 47.6 Å². The first-order valence-electron chi connectivity index (χ1n) is 6.48. The molecule has 1 aromatic rings. The number of nitriles is 1. The van der Waals surface area contributed by atoms with Crippen LogP contribution in [0.25, 0.3) is 0 Å². The molecular formula is C13H19N5. The van der Waals surface area contributed by atoms with E-state index in [9.17, 15) is 0 Å². The van der Waals surface area contributed by atoms with Gasteiger partial charge in [0, 0.05) is 37.9 Å². The van der Waals surface area contributed by atoms with Gasteiger partial charge in [-0.1, -0.05) is 13.3 Å². The third-order valence-electron chi connectivity index (χ3n) is 3.21. The first kappa shape index (κ1) is 12.8. The zero-order chi connectivity index (χ0) is 12.8. The third-order valence-corrected chi connectivity index (χ3v) is 3.21. The van der Waals surface area contributed by atoms with Crippen molar-refractivity contribution in [2.45, 2.75) is 19.8 Å². The lowest BCUT2D eigenvalue weighted by Gasteiger charge is -2.34. The minimum Gasteiger partial charge on any atom is -0.354 e. The number of hydrogen-bond acceptors (Lipinski definition) is 5. The molecule has 2 rings (SSSR count). The van der Waals surface area contributed by atoms with Gasteiger partial charge in [-0.25, -0.2) is 9.97 Å². The molecule has 0 unspecified atom stereocenters. The molecular weight excluding hydrogens is 226 g/mol. The smallest absolute Gasteiger partial charge is 0.132 e. The van der Waals surface area contributed by atoms with Crippen LogP contribution in [-0.2, 0) is 6.42 Å². The van der Waals surface area contributed by atoms with Crippen molar-refractivity contribution in [3.05, 3.63) is 18.1 Å². The second-order valence-corrected chi connectivity index (χ2v) is 4.54. The lowest BCUT2D eigenvalue weighted by Crippen LogP contribution is -2.46. The van der Waals surface area contributed by atoms with Crippen LogP contribution in [0.4, 0.5) is 5.82 Å². The Kier molecular flexibility index (Phi) is 4.48. The molecule has 0 bridgehead atoms. The molecule has 2 heterocycles. The van der Waals surface area contributed by atoms with Gasteiger partial charge in [-0.2, -0.15) is 5.26 Å². The van der Waals surface area contributed by atoms with E-state index in [0.717, 1.165) is 50.5 Å². The first-order chi connectivity index (χ1) is 8.83. The predicted octanol–water partition coefficient (Wildman–Crippen LogP) is 1.07. The van der Waals surface area contributed by atoms with Crippen molar-refractivity contribution < 1.29 is 0 Å². The highest BCUT2D eigenvalue weighted by atomic mass is 15.3. The summed E-state index contributed by atoms with van der Waals surface area (Å²) in [6.45, 7) is 6.41. The molecule has 1 aromatic heterocycles. The van der Waals surface area contributed by atoms with E-state index in [4.69, 9.17) is 5.26 Å². The second kappa shape index (κ2) is 6.31. The van der Waals surface area contributed by atoms with Crippen molar-refractivity contribution in [2.24, 2.45) is 0 Å². The Bertz CT molecular complexity index is 418. The molecule has 1 aliphatic rings. The molecule has 0 saturated carbocycles. The van der Waals surface area contributed by atoms with E-state index in [1.54, 1.807) is 6.33 Å². The molecule has 18 heavy (non-hydrogen) atoms. The summed E-state index contributed by atoms with van der Waals surface area (Å²) in [5.41, 5.74) is 1.11. The topological polar surface area (TPSA) is 56.0 Å². The maximum Gasteiger partial charge on any atom is 0.132 e. The zero-order valence-electron chi connectivity index (χ0n) is 10.8. The van der Waals surface area contributed by atoms with Gasteiger partial charge < -0.3 is 4.90 Å². The molecule has 0 radical (unpaired) electrons. The maximum atomic E-state index is 8.67. The molecule has 0 aliphatic carbocycles. The van der Waals surface area contributed by atoms with Crippen LogP contribution in [0, 0.1) is 11.3 Å². The highest BCUT2D eigenvalue weighted by Gasteiger charge is 2.17. The van der Waals surface area contributed by atoms with E-state index in [1.807, 2.05) is 0 Å². The average molecular weight is 245 g/mol. The van der Waals surface area contributed by atoms with Crippen molar-refractivity contribution in [3.63, 3.8) is 0 Å². The van der Waals surface area contributed by atoms with E-state index in [2.05, 4.69) is 38.8 Å². The van der Waals surface area contributed by atoms with Crippen LogP contribution in [0.15, 0.2) is 12.4 Å². The van der Waals surface area contributed by atoms with Gasteiger partial charge in [0.15, 0.2) is 0 Å². The summed E-state index contributed by atoms with van der Waals surface area (Å²) in [4.78, 5) is 13.1. The molecule has 1 saturated heterocycles. The number of hydrogen-bond donors (Lipinski definition) is 0. The van der Waals surface area contributed by atoms with Gasteiger partial charge in [-0.3, -0.25) is 4.90 Å². The minimum absolute atomic E-state index is 0.526. The van der Waals surface area contributed by atoms with E-state index in [0.29, 0.717) is 6.54 Å². The Morgan fingerprint density at radius 2 is 2.06 bits per heavy atom. The summed E-state index contributed by atoms with van der Waals surface area (Å²) in [7, 11) is 0. The number of aromatic nitrogens is 2. The monoisotopic (exact) mass is 245 g/mol. The van der Waals surface area contributed by atoms with Crippen LogP contribution in [0.2, 0.25) is 0 Å². The van der Waals surface area contributed by atoms with Gasteiger partial charge >= 0.3 is 0 Å². The van der Waals surface area contributed by atoms with Crippen molar-refractivity contribution in [3.8, 4) is 6.07 Å². The molecule has 5 nitrogen and oxygen atoms in total. The number of rotatable bonds is 4.